The summed E-state index contributed by atoms with van der Waals surface area (Å²) in [6.07, 6.45) is 4.09. The molecule has 2 fully saturated rings. The van der Waals surface area contributed by atoms with Gasteiger partial charge in [0.1, 0.15) is 0 Å². The maximum absolute atomic E-state index is 5.87. The molecular weight excluding hydrogens is 519 g/mol. The largest absolute Gasteiger partial charge is 0.379 e. The van der Waals surface area contributed by atoms with E-state index < -0.39 is 0 Å². The van der Waals surface area contributed by atoms with Crippen molar-refractivity contribution >= 4 is 29.9 Å². The van der Waals surface area contributed by atoms with E-state index in [0.717, 1.165) is 71.2 Å². The molecule has 182 valence electrons. The SMILES string of the molecule is CN=C(NCCCOCC1CCCO1)NCc1ccccc1CN1CC(C)OC(C)C1.I. The number of benzene rings is 1. The first kappa shape index (κ1) is 27.3. The first-order valence-corrected chi connectivity index (χ1v) is 11.7. The lowest BCUT2D eigenvalue weighted by Gasteiger charge is -2.35. The Morgan fingerprint density at radius 2 is 1.91 bits per heavy atom. The van der Waals surface area contributed by atoms with Gasteiger partial charge in [0.25, 0.3) is 0 Å². The Bertz CT molecular complexity index is 675. The zero-order chi connectivity index (χ0) is 21.9. The number of aliphatic imine (C=N–C) groups is 1. The molecule has 32 heavy (non-hydrogen) atoms. The van der Waals surface area contributed by atoms with Crippen LogP contribution in [0.2, 0.25) is 0 Å². The van der Waals surface area contributed by atoms with Gasteiger partial charge in [-0.1, -0.05) is 24.3 Å². The second kappa shape index (κ2) is 15.1. The molecule has 0 bridgehead atoms. The summed E-state index contributed by atoms with van der Waals surface area (Å²) in [5.74, 6) is 0.822. The topological polar surface area (TPSA) is 67.4 Å². The highest BCUT2D eigenvalue weighted by Gasteiger charge is 2.22. The molecule has 7 nitrogen and oxygen atoms in total. The first-order chi connectivity index (χ1) is 15.1. The van der Waals surface area contributed by atoms with Crippen LogP contribution in [-0.4, -0.2) is 75.7 Å². The summed E-state index contributed by atoms with van der Waals surface area (Å²) >= 11 is 0. The molecule has 0 aliphatic carbocycles. The molecule has 0 spiro atoms. The molecule has 1 aromatic rings. The Labute approximate surface area is 210 Å². The number of nitrogens with one attached hydrogen (secondary N) is 2. The molecule has 0 amide bonds. The summed E-state index contributed by atoms with van der Waals surface area (Å²) in [7, 11) is 1.81. The van der Waals surface area contributed by atoms with Gasteiger partial charge in [-0.2, -0.15) is 0 Å². The number of hydrogen-bond acceptors (Lipinski definition) is 5. The van der Waals surface area contributed by atoms with Crippen LogP contribution in [0.5, 0.6) is 0 Å². The van der Waals surface area contributed by atoms with Gasteiger partial charge in [0.2, 0.25) is 0 Å². The summed E-state index contributed by atoms with van der Waals surface area (Å²) in [5, 5.41) is 6.83. The van der Waals surface area contributed by atoms with E-state index in [-0.39, 0.29) is 36.2 Å². The number of guanidine groups is 1. The van der Waals surface area contributed by atoms with Crippen LogP contribution in [0.3, 0.4) is 0 Å². The average molecular weight is 561 g/mol. The molecule has 0 radical (unpaired) electrons. The van der Waals surface area contributed by atoms with Gasteiger partial charge in [0.15, 0.2) is 5.96 Å². The van der Waals surface area contributed by atoms with E-state index in [1.165, 1.54) is 11.1 Å². The summed E-state index contributed by atoms with van der Waals surface area (Å²) in [6.45, 7) is 11.1. The molecule has 2 aliphatic heterocycles. The van der Waals surface area contributed by atoms with Crippen molar-refractivity contribution in [1.82, 2.24) is 15.5 Å². The predicted molar refractivity (Wildman–Crippen MR) is 140 cm³/mol. The Morgan fingerprint density at radius 3 is 2.59 bits per heavy atom. The van der Waals surface area contributed by atoms with Crippen molar-refractivity contribution in [1.29, 1.82) is 0 Å². The molecule has 0 saturated carbocycles. The van der Waals surface area contributed by atoms with E-state index in [9.17, 15) is 0 Å². The third-order valence-electron chi connectivity index (χ3n) is 5.76. The highest BCUT2D eigenvalue weighted by Crippen LogP contribution is 2.17. The molecular formula is C24H41IN4O3. The van der Waals surface area contributed by atoms with E-state index in [0.29, 0.717) is 12.7 Å². The number of morpholine rings is 1. The molecule has 3 unspecified atom stereocenters. The Morgan fingerprint density at radius 1 is 1.16 bits per heavy atom. The molecule has 3 rings (SSSR count). The minimum Gasteiger partial charge on any atom is -0.379 e. The minimum absolute atomic E-state index is 0. The van der Waals surface area contributed by atoms with Gasteiger partial charge in [-0.3, -0.25) is 9.89 Å². The zero-order valence-corrected chi connectivity index (χ0v) is 22.2. The Balaban J connectivity index is 0.00000363. The lowest BCUT2D eigenvalue weighted by molar-refractivity contribution is -0.0705. The van der Waals surface area contributed by atoms with Crippen molar-refractivity contribution in [3.05, 3.63) is 35.4 Å². The maximum Gasteiger partial charge on any atom is 0.191 e. The van der Waals surface area contributed by atoms with Crippen LogP contribution < -0.4 is 10.6 Å². The van der Waals surface area contributed by atoms with Crippen molar-refractivity contribution in [2.24, 2.45) is 4.99 Å². The van der Waals surface area contributed by atoms with Crippen LogP contribution >= 0.6 is 24.0 Å². The van der Waals surface area contributed by atoms with Gasteiger partial charge in [-0.05, 0) is 44.2 Å². The molecule has 2 heterocycles. The van der Waals surface area contributed by atoms with Crippen LogP contribution in [-0.2, 0) is 27.3 Å². The summed E-state index contributed by atoms with van der Waals surface area (Å²) in [6, 6.07) is 8.65. The minimum atomic E-state index is 0. The number of ether oxygens (including phenoxy) is 3. The molecule has 8 heteroatoms. The van der Waals surface area contributed by atoms with Crippen molar-refractivity contribution in [3.8, 4) is 0 Å². The third kappa shape index (κ3) is 9.51. The predicted octanol–water partition coefficient (Wildman–Crippen LogP) is 3.16. The summed E-state index contributed by atoms with van der Waals surface area (Å²) < 4.78 is 17.2. The standard InChI is InChI=1S/C24H40N4O3.HI/c1-19-15-28(16-20(2)31-19)17-22-9-5-4-8-21(22)14-27-24(25-3)26-11-7-12-29-18-23-10-6-13-30-23;/h4-5,8-9,19-20,23H,6-7,10-18H2,1-3H3,(H2,25,26,27);1H. The second-order valence-corrected chi connectivity index (χ2v) is 8.64. The Hall–Kier alpha value is -0.940. The summed E-state index contributed by atoms with van der Waals surface area (Å²) in [4.78, 5) is 6.84. The zero-order valence-electron chi connectivity index (χ0n) is 19.8. The maximum atomic E-state index is 5.87. The summed E-state index contributed by atoms with van der Waals surface area (Å²) in [5.41, 5.74) is 2.66. The number of halogens is 1. The molecule has 2 aliphatic rings. The first-order valence-electron chi connectivity index (χ1n) is 11.7. The van der Waals surface area contributed by atoms with Crippen LogP contribution in [0.25, 0.3) is 0 Å². The van der Waals surface area contributed by atoms with Gasteiger partial charge in [-0.25, -0.2) is 0 Å². The van der Waals surface area contributed by atoms with Crippen molar-refractivity contribution in [2.45, 2.75) is 64.5 Å². The highest BCUT2D eigenvalue weighted by atomic mass is 127. The van der Waals surface area contributed by atoms with Crippen molar-refractivity contribution in [2.75, 3.05) is 46.5 Å². The van der Waals surface area contributed by atoms with E-state index in [4.69, 9.17) is 14.2 Å². The molecule has 0 aromatic heterocycles. The van der Waals surface area contributed by atoms with Crippen molar-refractivity contribution in [3.63, 3.8) is 0 Å². The lowest BCUT2D eigenvalue weighted by atomic mass is 10.1. The quantitative estimate of drug-likeness (QED) is 0.199. The van der Waals surface area contributed by atoms with E-state index in [1.54, 1.807) is 0 Å². The molecule has 2 N–H and O–H groups in total. The third-order valence-corrected chi connectivity index (χ3v) is 5.76. The fraction of sp³-hybridized carbons (Fsp3) is 0.708. The fourth-order valence-corrected chi connectivity index (χ4v) is 4.31. The van der Waals surface area contributed by atoms with Crippen molar-refractivity contribution < 1.29 is 14.2 Å². The van der Waals surface area contributed by atoms with Crippen LogP contribution in [0.1, 0.15) is 44.2 Å². The molecule has 1 aromatic carbocycles. The van der Waals surface area contributed by atoms with Gasteiger partial charge >= 0.3 is 0 Å². The van der Waals surface area contributed by atoms with Crippen LogP contribution in [0, 0.1) is 0 Å². The van der Waals surface area contributed by atoms with Gasteiger partial charge in [-0.15, -0.1) is 24.0 Å². The number of rotatable bonds is 10. The smallest absolute Gasteiger partial charge is 0.191 e. The lowest BCUT2D eigenvalue weighted by Crippen LogP contribution is -2.45. The van der Waals surface area contributed by atoms with Crippen LogP contribution in [0.15, 0.2) is 29.3 Å². The second-order valence-electron chi connectivity index (χ2n) is 8.64. The molecule has 2 saturated heterocycles. The fourth-order valence-electron chi connectivity index (χ4n) is 4.31. The van der Waals surface area contributed by atoms with Gasteiger partial charge in [0, 0.05) is 53.0 Å². The van der Waals surface area contributed by atoms with E-state index in [2.05, 4.69) is 58.6 Å². The number of nitrogens with zero attached hydrogens (tertiary/aromatic N) is 2. The van der Waals surface area contributed by atoms with Gasteiger partial charge < -0.3 is 24.8 Å². The number of hydrogen-bond donors (Lipinski definition) is 2. The van der Waals surface area contributed by atoms with Gasteiger partial charge in [0.05, 0.1) is 24.9 Å². The van der Waals surface area contributed by atoms with E-state index >= 15 is 0 Å². The molecule has 3 atom stereocenters. The van der Waals surface area contributed by atoms with Crippen LogP contribution in [0.4, 0.5) is 0 Å². The monoisotopic (exact) mass is 560 g/mol. The van der Waals surface area contributed by atoms with E-state index in [1.807, 2.05) is 7.05 Å². The highest BCUT2D eigenvalue weighted by molar-refractivity contribution is 14.0. The Kier molecular flexibility index (Phi) is 12.8. The normalized spacial score (nSPS) is 24.2. The average Bonchev–Trinajstić information content (AvgIpc) is 3.26.